The third kappa shape index (κ3) is 3.92. The second kappa shape index (κ2) is 7.99. The summed E-state index contributed by atoms with van der Waals surface area (Å²) in [4.78, 5) is 4.90. The summed E-state index contributed by atoms with van der Waals surface area (Å²) in [5, 5.41) is 16.7. The molecule has 0 amide bonds. The Bertz CT molecular complexity index is 822. The third-order valence-electron chi connectivity index (χ3n) is 5.41. The Morgan fingerprint density at radius 1 is 1.33 bits per heavy atom. The molecule has 0 spiro atoms. The molecule has 27 heavy (non-hydrogen) atoms. The van der Waals surface area contributed by atoms with E-state index in [0.717, 1.165) is 68.5 Å². The fourth-order valence-electron chi connectivity index (χ4n) is 3.93. The minimum absolute atomic E-state index is 0.262. The van der Waals surface area contributed by atoms with Crippen LogP contribution in [0.5, 0.6) is 0 Å². The van der Waals surface area contributed by atoms with Crippen LogP contribution in [0.3, 0.4) is 0 Å². The van der Waals surface area contributed by atoms with Crippen molar-refractivity contribution in [1.29, 1.82) is 5.26 Å². The lowest BCUT2D eigenvalue weighted by Crippen LogP contribution is -3.08. The van der Waals surface area contributed by atoms with E-state index >= 15 is 0 Å². The van der Waals surface area contributed by atoms with E-state index < -0.39 is 0 Å². The molecule has 7 nitrogen and oxygen atoms in total. The quantitative estimate of drug-likeness (QED) is 0.699. The van der Waals surface area contributed by atoms with Crippen LogP contribution < -0.4 is 20.5 Å². The molecule has 2 aromatic rings. The molecule has 0 saturated carbocycles. The molecule has 142 valence electrons. The number of hydrogen-bond donors (Lipinski definition) is 3. The Morgan fingerprint density at radius 2 is 2.26 bits per heavy atom. The van der Waals surface area contributed by atoms with Gasteiger partial charge in [0.05, 0.1) is 38.1 Å². The topological polar surface area (TPSA) is 88.8 Å². The molecule has 1 unspecified atom stereocenters. The highest BCUT2D eigenvalue weighted by atomic mass is 16.5. The van der Waals surface area contributed by atoms with Gasteiger partial charge in [0.1, 0.15) is 30.5 Å². The molecule has 0 aromatic carbocycles. The van der Waals surface area contributed by atoms with Crippen LogP contribution in [0.1, 0.15) is 35.3 Å². The molecule has 0 aliphatic carbocycles. The summed E-state index contributed by atoms with van der Waals surface area (Å²) in [5.41, 5.74) is 3.09. The number of likely N-dealkylation sites (N-methyl/N-ethyl adjacent to an activating group) is 1. The Balaban J connectivity index is 1.62. The van der Waals surface area contributed by atoms with Crippen LogP contribution in [0.15, 0.2) is 22.8 Å². The van der Waals surface area contributed by atoms with Crippen molar-refractivity contribution in [1.82, 2.24) is 0 Å². The van der Waals surface area contributed by atoms with Crippen LogP contribution in [-0.4, -0.2) is 32.8 Å². The lowest BCUT2D eigenvalue weighted by Gasteiger charge is -2.24. The molecule has 4 heterocycles. The fraction of sp³-hybridized carbons (Fsp3) is 0.500. The number of nitrogens with zero attached hydrogens (tertiary/aromatic N) is 1. The molecule has 0 bridgehead atoms. The third-order valence-corrected chi connectivity index (χ3v) is 5.41. The maximum atomic E-state index is 9.81. The van der Waals surface area contributed by atoms with Gasteiger partial charge in [-0.1, -0.05) is 0 Å². The highest BCUT2D eigenvalue weighted by Crippen LogP contribution is 2.26. The number of hydrogen-bond acceptors (Lipinski definition) is 5. The van der Waals surface area contributed by atoms with Crippen molar-refractivity contribution >= 4 is 11.6 Å². The predicted octanol–water partition coefficient (Wildman–Crippen LogP) is 0.739. The minimum atomic E-state index is 0.262. The molecular weight excluding hydrogens is 342 g/mol. The van der Waals surface area contributed by atoms with Gasteiger partial charge in [0, 0.05) is 13.0 Å². The van der Waals surface area contributed by atoms with Crippen LogP contribution in [0, 0.1) is 11.3 Å². The van der Waals surface area contributed by atoms with Crippen molar-refractivity contribution in [3.8, 4) is 6.07 Å². The van der Waals surface area contributed by atoms with Gasteiger partial charge in [-0.25, -0.2) is 4.98 Å². The van der Waals surface area contributed by atoms with Crippen molar-refractivity contribution in [2.75, 3.05) is 37.4 Å². The summed E-state index contributed by atoms with van der Waals surface area (Å²) in [6, 6.07) is 6.20. The number of anilines is 2. The molecule has 4 rings (SSSR count). The van der Waals surface area contributed by atoms with Gasteiger partial charge in [0.25, 0.3) is 0 Å². The molecule has 2 aliphatic heterocycles. The zero-order valence-corrected chi connectivity index (χ0v) is 15.7. The average Bonchev–Trinajstić information content (AvgIpc) is 3.38. The molecule has 2 atom stereocenters. The van der Waals surface area contributed by atoms with Crippen molar-refractivity contribution in [3.05, 3.63) is 40.8 Å². The smallest absolute Gasteiger partial charge is 0.238 e. The molecule has 2 aromatic heterocycles. The summed E-state index contributed by atoms with van der Waals surface area (Å²) in [5.74, 6) is 2.59. The predicted molar refractivity (Wildman–Crippen MR) is 100 cm³/mol. The number of aromatic nitrogens is 1. The SMILES string of the molecule is C[NH+]1CCc2c(C#N)c(NCc3ccco3)[nH+]c(NC[C@@H]3CCCO3)c2C1. The summed E-state index contributed by atoms with van der Waals surface area (Å²) in [7, 11) is 2.20. The van der Waals surface area contributed by atoms with E-state index in [2.05, 4.69) is 28.7 Å². The summed E-state index contributed by atoms with van der Waals surface area (Å²) >= 11 is 0. The Hall–Kier alpha value is -2.56. The number of fused-ring (bicyclic) bond motifs is 1. The highest BCUT2D eigenvalue weighted by molar-refractivity contribution is 5.60. The van der Waals surface area contributed by atoms with Gasteiger partial charge in [-0.2, -0.15) is 5.26 Å². The summed E-state index contributed by atoms with van der Waals surface area (Å²) in [6.45, 7) is 4.12. The van der Waals surface area contributed by atoms with Gasteiger partial charge >= 0.3 is 0 Å². The lowest BCUT2D eigenvalue weighted by molar-refractivity contribution is -0.895. The second-order valence-electron chi connectivity index (χ2n) is 7.40. The lowest BCUT2D eigenvalue weighted by atomic mass is 9.96. The van der Waals surface area contributed by atoms with Gasteiger partial charge < -0.3 is 19.4 Å². The highest BCUT2D eigenvalue weighted by Gasteiger charge is 2.29. The average molecular weight is 369 g/mol. The Kier molecular flexibility index (Phi) is 5.28. The minimum Gasteiger partial charge on any atom is -0.466 e. The van der Waals surface area contributed by atoms with E-state index in [9.17, 15) is 5.26 Å². The van der Waals surface area contributed by atoms with Gasteiger partial charge in [0.2, 0.25) is 11.6 Å². The first-order chi connectivity index (χ1) is 13.2. The van der Waals surface area contributed by atoms with E-state index in [-0.39, 0.29) is 6.10 Å². The number of aromatic amines is 1. The molecular formula is C20H27N5O2+2. The van der Waals surface area contributed by atoms with Crippen LogP contribution >= 0.6 is 0 Å². The normalized spacial score (nSPS) is 21.5. The number of pyridine rings is 1. The zero-order valence-electron chi connectivity index (χ0n) is 15.7. The van der Waals surface area contributed by atoms with E-state index in [0.29, 0.717) is 12.1 Å². The van der Waals surface area contributed by atoms with Gasteiger partial charge in [-0.05, 0) is 30.5 Å². The number of furan rings is 1. The first kappa shape index (κ1) is 17.8. The van der Waals surface area contributed by atoms with Crippen LogP contribution in [0.2, 0.25) is 0 Å². The molecule has 1 fully saturated rings. The van der Waals surface area contributed by atoms with Gasteiger partial charge in [0.15, 0.2) is 0 Å². The van der Waals surface area contributed by atoms with E-state index in [1.807, 2.05) is 12.1 Å². The van der Waals surface area contributed by atoms with E-state index in [4.69, 9.17) is 9.15 Å². The van der Waals surface area contributed by atoms with Crippen molar-refractivity contribution in [2.24, 2.45) is 0 Å². The Morgan fingerprint density at radius 3 is 3.00 bits per heavy atom. The molecule has 7 heteroatoms. The summed E-state index contributed by atoms with van der Waals surface area (Å²) < 4.78 is 11.2. The molecule has 4 N–H and O–H groups in total. The van der Waals surface area contributed by atoms with Gasteiger partial charge in [-0.3, -0.25) is 5.32 Å². The molecule has 2 aliphatic rings. The van der Waals surface area contributed by atoms with Crippen molar-refractivity contribution in [2.45, 2.75) is 38.5 Å². The zero-order chi connectivity index (χ0) is 18.6. The Labute approximate surface area is 159 Å². The van der Waals surface area contributed by atoms with Crippen LogP contribution in [0.4, 0.5) is 11.6 Å². The van der Waals surface area contributed by atoms with E-state index in [1.165, 1.54) is 10.5 Å². The largest absolute Gasteiger partial charge is 0.466 e. The van der Waals surface area contributed by atoms with E-state index in [1.54, 1.807) is 6.26 Å². The fourth-order valence-corrected chi connectivity index (χ4v) is 3.93. The standard InChI is InChI=1S/C20H25N5O2/c1-25-7-6-16-17(10-21)19(22-11-14-4-2-8-26-14)24-20(18(16)13-25)23-12-15-5-3-9-27-15/h2,4,8,15H,3,5-7,9,11-13H2,1H3,(H2,22,23,24)/p+2/t15-/m0/s1. The maximum absolute atomic E-state index is 9.81. The number of quaternary nitrogens is 1. The maximum Gasteiger partial charge on any atom is 0.238 e. The van der Waals surface area contributed by atoms with Crippen LogP contribution in [0.25, 0.3) is 0 Å². The number of ether oxygens (including phenoxy) is 1. The first-order valence-electron chi connectivity index (χ1n) is 9.68. The monoisotopic (exact) mass is 369 g/mol. The summed E-state index contributed by atoms with van der Waals surface area (Å²) in [6.07, 6.45) is 5.05. The second-order valence-corrected chi connectivity index (χ2v) is 7.40. The molecule has 0 radical (unpaired) electrons. The number of nitriles is 1. The van der Waals surface area contributed by atoms with Crippen molar-refractivity contribution < 1.29 is 19.0 Å². The number of H-pyrrole nitrogens is 1. The number of nitrogens with one attached hydrogen (secondary N) is 4. The van der Waals surface area contributed by atoms with Gasteiger partial charge in [-0.15, -0.1) is 0 Å². The van der Waals surface area contributed by atoms with Crippen molar-refractivity contribution in [3.63, 3.8) is 0 Å². The first-order valence-corrected chi connectivity index (χ1v) is 9.68. The van der Waals surface area contributed by atoms with Crippen LogP contribution in [-0.2, 0) is 24.2 Å². The molecule has 1 saturated heterocycles. The number of rotatable bonds is 6.